The van der Waals surface area contributed by atoms with E-state index in [1.165, 1.54) is 0 Å². The molecular weight excluding hydrogens is 242 g/mol. The SMILES string of the molecule is CC(C)CCS(=O)(=O)NCCCC(C)C(=O)O. The number of hydrogen-bond donors (Lipinski definition) is 2. The molecule has 5 nitrogen and oxygen atoms in total. The third-order valence-electron chi connectivity index (χ3n) is 2.52. The molecule has 0 amide bonds. The van der Waals surface area contributed by atoms with Crippen molar-refractivity contribution in [3.05, 3.63) is 0 Å². The van der Waals surface area contributed by atoms with Gasteiger partial charge >= 0.3 is 5.97 Å². The maximum absolute atomic E-state index is 11.5. The molecule has 0 radical (unpaired) electrons. The molecule has 0 fully saturated rings. The Balaban J connectivity index is 3.77. The van der Waals surface area contributed by atoms with E-state index in [2.05, 4.69) is 4.72 Å². The van der Waals surface area contributed by atoms with Gasteiger partial charge in [-0.3, -0.25) is 4.79 Å². The molecule has 6 heteroatoms. The highest BCUT2D eigenvalue weighted by Gasteiger charge is 2.12. The molecule has 102 valence electrons. The molecule has 0 aliphatic carbocycles. The summed E-state index contributed by atoms with van der Waals surface area (Å²) in [5.41, 5.74) is 0. The molecule has 1 unspecified atom stereocenters. The van der Waals surface area contributed by atoms with Crippen molar-refractivity contribution in [3.63, 3.8) is 0 Å². The highest BCUT2D eigenvalue weighted by Crippen LogP contribution is 2.05. The third-order valence-corrected chi connectivity index (χ3v) is 3.94. The van der Waals surface area contributed by atoms with Gasteiger partial charge in [0.1, 0.15) is 0 Å². The lowest BCUT2D eigenvalue weighted by molar-refractivity contribution is -0.141. The van der Waals surface area contributed by atoms with Crippen molar-refractivity contribution in [2.75, 3.05) is 12.3 Å². The number of hydrogen-bond acceptors (Lipinski definition) is 3. The predicted octanol–water partition coefficient (Wildman–Crippen LogP) is 1.45. The summed E-state index contributed by atoms with van der Waals surface area (Å²) in [6, 6.07) is 0. The van der Waals surface area contributed by atoms with E-state index in [0.717, 1.165) is 0 Å². The Morgan fingerprint density at radius 1 is 1.24 bits per heavy atom. The molecule has 0 rings (SSSR count). The normalized spacial score (nSPS) is 13.9. The van der Waals surface area contributed by atoms with Crippen LogP contribution in [0.2, 0.25) is 0 Å². The quantitative estimate of drug-likeness (QED) is 0.618. The van der Waals surface area contributed by atoms with Crippen LogP contribution in [0.4, 0.5) is 0 Å². The molecule has 0 saturated heterocycles. The van der Waals surface area contributed by atoms with Crippen molar-refractivity contribution in [2.24, 2.45) is 11.8 Å². The molecule has 0 aromatic carbocycles. The Kier molecular flexibility index (Phi) is 7.38. The van der Waals surface area contributed by atoms with Gasteiger partial charge in [-0.25, -0.2) is 13.1 Å². The van der Waals surface area contributed by atoms with Crippen LogP contribution in [0, 0.1) is 11.8 Å². The fraction of sp³-hybridized carbons (Fsp3) is 0.909. The van der Waals surface area contributed by atoms with Crippen LogP contribution in [0.3, 0.4) is 0 Å². The minimum absolute atomic E-state index is 0.138. The van der Waals surface area contributed by atoms with Crippen molar-refractivity contribution < 1.29 is 18.3 Å². The van der Waals surface area contributed by atoms with Crippen LogP contribution in [0.5, 0.6) is 0 Å². The fourth-order valence-electron chi connectivity index (χ4n) is 1.22. The molecule has 17 heavy (non-hydrogen) atoms. The average molecular weight is 265 g/mol. The second-order valence-electron chi connectivity index (χ2n) is 4.78. The van der Waals surface area contributed by atoms with E-state index in [1.54, 1.807) is 6.92 Å². The van der Waals surface area contributed by atoms with Gasteiger partial charge < -0.3 is 5.11 Å². The van der Waals surface area contributed by atoms with Gasteiger partial charge in [-0.2, -0.15) is 0 Å². The van der Waals surface area contributed by atoms with Crippen molar-refractivity contribution in [1.29, 1.82) is 0 Å². The van der Waals surface area contributed by atoms with Crippen LogP contribution in [0.25, 0.3) is 0 Å². The topological polar surface area (TPSA) is 83.5 Å². The van der Waals surface area contributed by atoms with Gasteiger partial charge in [-0.05, 0) is 25.2 Å². The van der Waals surface area contributed by atoms with Crippen LogP contribution in [0.15, 0.2) is 0 Å². The summed E-state index contributed by atoms with van der Waals surface area (Å²) in [6.07, 6.45) is 1.68. The third kappa shape index (κ3) is 9.12. The van der Waals surface area contributed by atoms with Crippen molar-refractivity contribution >= 4 is 16.0 Å². The van der Waals surface area contributed by atoms with Gasteiger partial charge in [0, 0.05) is 6.54 Å². The number of nitrogens with one attached hydrogen (secondary N) is 1. The molecule has 0 heterocycles. The minimum Gasteiger partial charge on any atom is -0.481 e. The second-order valence-corrected chi connectivity index (χ2v) is 6.70. The summed E-state index contributed by atoms with van der Waals surface area (Å²) in [7, 11) is -3.19. The minimum atomic E-state index is -3.19. The van der Waals surface area contributed by atoms with Gasteiger partial charge in [-0.1, -0.05) is 20.8 Å². The smallest absolute Gasteiger partial charge is 0.306 e. The first-order valence-electron chi connectivity index (χ1n) is 5.94. The van der Waals surface area contributed by atoms with E-state index in [-0.39, 0.29) is 5.75 Å². The van der Waals surface area contributed by atoms with Gasteiger partial charge in [0.2, 0.25) is 10.0 Å². The maximum Gasteiger partial charge on any atom is 0.306 e. The Hall–Kier alpha value is -0.620. The number of rotatable bonds is 9. The summed E-state index contributed by atoms with van der Waals surface area (Å²) in [6.45, 7) is 5.89. The van der Waals surface area contributed by atoms with E-state index < -0.39 is 21.9 Å². The highest BCUT2D eigenvalue weighted by molar-refractivity contribution is 7.89. The summed E-state index contributed by atoms with van der Waals surface area (Å²) >= 11 is 0. The lowest BCUT2D eigenvalue weighted by atomic mass is 10.1. The van der Waals surface area contributed by atoms with Crippen LogP contribution >= 0.6 is 0 Å². The molecule has 2 N–H and O–H groups in total. The first-order valence-corrected chi connectivity index (χ1v) is 7.60. The number of carbonyl (C=O) groups is 1. The summed E-state index contributed by atoms with van der Waals surface area (Å²) in [5.74, 6) is -0.763. The zero-order valence-electron chi connectivity index (χ0n) is 10.8. The Labute approximate surface area is 104 Å². The van der Waals surface area contributed by atoms with Crippen LogP contribution in [-0.2, 0) is 14.8 Å². The molecular formula is C11H23NO4S. The monoisotopic (exact) mass is 265 g/mol. The highest BCUT2D eigenvalue weighted by atomic mass is 32.2. The zero-order valence-corrected chi connectivity index (χ0v) is 11.6. The number of carboxylic acids is 1. The molecule has 1 atom stereocenters. The van der Waals surface area contributed by atoms with E-state index in [9.17, 15) is 13.2 Å². The second kappa shape index (κ2) is 7.66. The predicted molar refractivity (Wildman–Crippen MR) is 67.3 cm³/mol. The Morgan fingerprint density at radius 2 is 1.82 bits per heavy atom. The van der Waals surface area contributed by atoms with Crippen molar-refractivity contribution in [2.45, 2.75) is 40.0 Å². The molecule has 0 bridgehead atoms. The summed E-state index contributed by atoms with van der Waals surface area (Å²) < 4.78 is 25.5. The first kappa shape index (κ1) is 16.4. The standard InChI is InChI=1S/C11H23NO4S/c1-9(2)6-8-17(15,16)12-7-4-5-10(3)11(13)14/h9-10,12H,4-8H2,1-3H3,(H,13,14). The molecule has 0 aromatic heterocycles. The molecule has 0 aliphatic rings. The Bertz CT molecular complexity index is 324. The molecule has 0 saturated carbocycles. The summed E-state index contributed by atoms with van der Waals surface area (Å²) in [4.78, 5) is 10.5. The zero-order chi connectivity index (χ0) is 13.5. The summed E-state index contributed by atoms with van der Waals surface area (Å²) in [5, 5.41) is 8.65. The average Bonchev–Trinajstić information content (AvgIpc) is 2.21. The van der Waals surface area contributed by atoms with Gasteiger partial charge in [0.15, 0.2) is 0 Å². The number of carboxylic acid groups (broad SMARTS) is 1. The van der Waals surface area contributed by atoms with E-state index in [1.807, 2.05) is 13.8 Å². The first-order chi connectivity index (χ1) is 7.74. The maximum atomic E-state index is 11.5. The molecule has 0 spiro atoms. The lowest BCUT2D eigenvalue weighted by Crippen LogP contribution is -2.28. The molecule has 0 aliphatic heterocycles. The van der Waals surface area contributed by atoms with Crippen molar-refractivity contribution in [3.8, 4) is 0 Å². The van der Waals surface area contributed by atoms with E-state index >= 15 is 0 Å². The van der Waals surface area contributed by atoms with Gasteiger partial charge in [0.05, 0.1) is 11.7 Å². The lowest BCUT2D eigenvalue weighted by Gasteiger charge is -2.09. The van der Waals surface area contributed by atoms with Gasteiger partial charge in [0.25, 0.3) is 0 Å². The van der Waals surface area contributed by atoms with Crippen LogP contribution in [-0.4, -0.2) is 31.8 Å². The number of aliphatic carboxylic acids is 1. The molecule has 0 aromatic rings. The number of sulfonamides is 1. The van der Waals surface area contributed by atoms with Gasteiger partial charge in [-0.15, -0.1) is 0 Å². The van der Waals surface area contributed by atoms with Crippen molar-refractivity contribution in [1.82, 2.24) is 4.72 Å². The van der Waals surface area contributed by atoms with E-state index in [0.29, 0.717) is 31.7 Å². The van der Waals surface area contributed by atoms with Crippen LogP contribution in [0.1, 0.15) is 40.0 Å². The van der Waals surface area contributed by atoms with E-state index in [4.69, 9.17) is 5.11 Å². The largest absolute Gasteiger partial charge is 0.481 e. The fourth-order valence-corrected chi connectivity index (χ4v) is 2.60. The Morgan fingerprint density at radius 3 is 2.29 bits per heavy atom. The van der Waals surface area contributed by atoms with Crippen LogP contribution < -0.4 is 4.72 Å².